The first kappa shape index (κ1) is 13.3. The Morgan fingerprint density at radius 3 is 2.42 bits per heavy atom. The molecular weight excluding hydrogens is 248 g/mol. The number of rotatable bonds is 2. The van der Waals surface area contributed by atoms with Crippen molar-refractivity contribution in [2.75, 3.05) is 0 Å². The molecule has 0 bridgehead atoms. The quantitative estimate of drug-likeness (QED) is 0.774. The monoisotopic (exact) mass is 261 g/mol. The number of hydrogen-bond donors (Lipinski definition) is 0. The molecule has 0 fully saturated rings. The molecule has 0 amide bonds. The zero-order valence-electron chi connectivity index (χ0n) is 10.9. The first-order chi connectivity index (χ1) is 8.90. The Labute approximate surface area is 110 Å². The van der Waals surface area contributed by atoms with E-state index >= 15 is 0 Å². The lowest BCUT2D eigenvalue weighted by Gasteiger charge is -2.07. The standard InChI is InChI=1S/C15H13F2NO/c1-8-6-10(3)18-12(7-8)15(19)13-11(16)5-4-9(2)14(13)17/h4-7H,1-3H3. The van der Waals surface area contributed by atoms with Gasteiger partial charge in [0.1, 0.15) is 17.3 Å². The molecule has 0 saturated heterocycles. The van der Waals surface area contributed by atoms with E-state index in [0.29, 0.717) is 5.69 Å². The van der Waals surface area contributed by atoms with Crippen molar-refractivity contribution in [2.24, 2.45) is 0 Å². The van der Waals surface area contributed by atoms with E-state index in [2.05, 4.69) is 4.98 Å². The molecule has 0 aliphatic carbocycles. The fourth-order valence-corrected chi connectivity index (χ4v) is 1.95. The molecule has 4 heteroatoms. The van der Waals surface area contributed by atoms with Crippen molar-refractivity contribution in [2.45, 2.75) is 20.8 Å². The van der Waals surface area contributed by atoms with E-state index in [-0.39, 0.29) is 11.3 Å². The highest BCUT2D eigenvalue weighted by Gasteiger charge is 2.21. The van der Waals surface area contributed by atoms with Gasteiger partial charge in [0, 0.05) is 5.69 Å². The zero-order valence-corrected chi connectivity index (χ0v) is 10.9. The van der Waals surface area contributed by atoms with Crippen LogP contribution in [0, 0.1) is 32.4 Å². The highest BCUT2D eigenvalue weighted by Crippen LogP contribution is 2.20. The molecule has 0 aliphatic rings. The third-order valence-corrected chi connectivity index (χ3v) is 2.84. The van der Waals surface area contributed by atoms with E-state index in [1.54, 1.807) is 19.9 Å². The molecule has 2 rings (SSSR count). The van der Waals surface area contributed by atoms with Crippen LogP contribution in [0.1, 0.15) is 32.9 Å². The van der Waals surface area contributed by atoms with Crippen LogP contribution in [0.2, 0.25) is 0 Å². The molecule has 0 aliphatic heterocycles. The summed E-state index contributed by atoms with van der Waals surface area (Å²) in [6, 6.07) is 5.71. The number of hydrogen-bond acceptors (Lipinski definition) is 2. The van der Waals surface area contributed by atoms with Crippen LogP contribution >= 0.6 is 0 Å². The second-order valence-corrected chi connectivity index (χ2v) is 4.55. The first-order valence-electron chi connectivity index (χ1n) is 5.84. The molecule has 0 saturated carbocycles. The lowest BCUT2D eigenvalue weighted by molar-refractivity contribution is 0.102. The number of halogens is 2. The number of aromatic nitrogens is 1. The summed E-state index contributed by atoms with van der Waals surface area (Å²) in [5.41, 5.74) is 1.20. The van der Waals surface area contributed by atoms with Crippen LogP contribution in [0.15, 0.2) is 24.3 Å². The van der Waals surface area contributed by atoms with Crippen LogP contribution in [0.5, 0.6) is 0 Å². The largest absolute Gasteiger partial charge is 0.287 e. The van der Waals surface area contributed by atoms with Crippen molar-refractivity contribution in [3.8, 4) is 0 Å². The minimum absolute atomic E-state index is 0.0564. The molecule has 2 nitrogen and oxygen atoms in total. The van der Waals surface area contributed by atoms with E-state index < -0.39 is 23.0 Å². The number of aryl methyl sites for hydroxylation is 3. The second kappa shape index (κ2) is 4.88. The van der Waals surface area contributed by atoms with Crippen LogP contribution in [-0.4, -0.2) is 10.8 Å². The van der Waals surface area contributed by atoms with Crippen molar-refractivity contribution >= 4 is 5.78 Å². The molecule has 0 atom stereocenters. The highest BCUT2D eigenvalue weighted by atomic mass is 19.1. The minimum atomic E-state index is -0.867. The molecule has 0 unspecified atom stereocenters. The molecular formula is C15H13F2NO. The summed E-state index contributed by atoms with van der Waals surface area (Å²) in [4.78, 5) is 16.2. The average Bonchev–Trinajstić information content (AvgIpc) is 2.33. The topological polar surface area (TPSA) is 30.0 Å². The number of pyridine rings is 1. The van der Waals surface area contributed by atoms with E-state index in [1.807, 2.05) is 0 Å². The van der Waals surface area contributed by atoms with Gasteiger partial charge in [0.25, 0.3) is 0 Å². The summed E-state index contributed by atoms with van der Waals surface area (Å²) in [5, 5.41) is 0. The van der Waals surface area contributed by atoms with Crippen molar-refractivity contribution in [3.05, 3.63) is 64.0 Å². The fraction of sp³-hybridized carbons (Fsp3) is 0.200. The summed E-state index contributed by atoms with van der Waals surface area (Å²) >= 11 is 0. The van der Waals surface area contributed by atoms with Crippen LogP contribution in [0.4, 0.5) is 8.78 Å². The summed E-state index contributed by atoms with van der Waals surface area (Å²) in [6.07, 6.45) is 0. The number of ketones is 1. The Kier molecular flexibility index (Phi) is 3.42. The molecule has 0 N–H and O–H groups in total. The first-order valence-corrected chi connectivity index (χ1v) is 5.84. The fourth-order valence-electron chi connectivity index (χ4n) is 1.95. The van der Waals surface area contributed by atoms with Gasteiger partial charge in [-0.1, -0.05) is 6.07 Å². The van der Waals surface area contributed by atoms with E-state index in [4.69, 9.17) is 0 Å². The van der Waals surface area contributed by atoms with Gasteiger partial charge in [-0.2, -0.15) is 0 Å². The van der Waals surface area contributed by atoms with Gasteiger partial charge in [-0.3, -0.25) is 4.79 Å². The van der Waals surface area contributed by atoms with E-state index in [0.717, 1.165) is 11.6 Å². The molecule has 1 heterocycles. The van der Waals surface area contributed by atoms with Crippen LogP contribution in [0.3, 0.4) is 0 Å². The molecule has 98 valence electrons. The van der Waals surface area contributed by atoms with Crippen molar-refractivity contribution in [1.82, 2.24) is 4.98 Å². The number of nitrogens with zero attached hydrogens (tertiary/aromatic N) is 1. The Bertz CT molecular complexity index is 645. The lowest BCUT2D eigenvalue weighted by atomic mass is 10.0. The zero-order chi connectivity index (χ0) is 14.2. The molecule has 0 spiro atoms. The SMILES string of the molecule is Cc1cc(C)nc(C(=O)c2c(F)ccc(C)c2F)c1. The van der Waals surface area contributed by atoms with Crippen LogP contribution in [-0.2, 0) is 0 Å². The van der Waals surface area contributed by atoms with Crippen molar-refractivity contribution < 1.29 is 13.6 Å². The number of benzene rings is 1. The number of carbonyl (C=O) groups is 1. The molecule has 19 heavy (non-hydrogen) atoms. The minimum Gasteiger partial charge on any atom is -0.287 e. The number of carbonyl (C=O) groups excluding carboxylic acids is 1. The summed E-state index contributed by atoms with van der Waals surface area (Å²) in [7, 11) is 0. The van der Waals surface area contributed by atoms with Gasteiger partial charge in [-0.15, -0.1) is 0 Å². The average molecular weight is 261 g/mol. The van der Waals surface area contributed by atoms with Crippen molar-refractivity contribution in [3.63, 3.8) is 0 Å². The maximum absolute atomic E-state index is 13.9. The predicted molar refractivity (Wildman–Crippen MR) is 68.2 cm³/mol. The molecule has 2 aromatic rings. The second-order valence-electron chi connectivity index (χ2n) is 4.55. The molecule has 1 aromatic heterocycles. The van der Waals surface area contributed by atoms with Crippen LogP contribution < -0.4 is 0 Å². The van der Waals surface area contributed by atoms with Gasteiger partial charge in [0.2, 0.25) is 5.78 Å². The van der Waals surface area contributed by atoms with E-state index in [9.17, 15) is 13.6 Å². The maximum atomic E-state index is 13.9. The molecule has 0 radical (unpaired) electrons. The lowest BCUT2D eigenvalue weighted by Crippen LogP contribution is -2.11. The summed E-state index contributed by atoms with van der Waals surface area (Å²) in [6.45, 7) is 5.02. The third kappa shape index (κ3) is 2.52. The predicted octanol–water partition coefficient (Wildman–Crippen LogP) is 3.52. The Balaban J connectivity index is 2.59. The molecule has 1 aromatic carbocycles. The Hall–Kier alpha value is -2.10. The van der Waals surface area contributed by atoms with Gasteiger partial charge in [-0.05, 0) is 50.1 Å². The van der Waals surface area contributed by atoms with Gasteiger partial charge < -0.3 is 0 Å². The van der Waals surface area contributed by atoms with Crippen LogP contribution in [0.25, 0.3) is 0 Å². The third-order valence-electron chi connectivity index (χ3n) is 2.84. The van der Waals surface area contributed by atoms with E-state index in [1.165, 1.54) is 19.1 Å². The summed E-state index contributed by atoms with van der Waals surface area (Å²) < 4.78 is 27.6. The smallest absolute Gasteiger partial charge is 0.217 e. The Morgan fingerprint density at radius 2 is 1.79 bits per heavy atom. The Morgan fingerprint density at radius 1 is 1.11 bits per heavy atom. The maximum Gasteiger partial charge on any atom is 0.217 e. The van der Waals surface area contributed by atoms with Gasteiger partial charge >= 0.3 is 0 Å². The normalized spacial score (nSPS) is 10.6. The highest BCUT2D eigenvalue weighted by molar-refractivity contribution is 6.08. The van der Waals surface area contributed by atoms with Gasteiger partial charge in [-0.25, -0.2) is 13.8 Å². The van der Waals surface area contributed by atoms with Gasteiger partial charge in [0.05, 0.1) is 5.56 Å². The summed E-state index contributed by atoms with van der Waals surface area (Å²) in [5.74, 6) is -2.43. The van der Waals surface area contributed by atoms with Gasteiger partial charge in [0.15, 0.2) is 0 Å². The van der Waals surface area contributed by atoms with Crippen molar-refractivity contribution in [1.29, 1.82) is 0 Å².